The van der Waals surface area contributed by atoms with Crippen LogP contribution < -0.4 is 4.84 Å². The van der Waals surface area contributed by atoms with Crippen molar-refractivity contribution in [3.63, 3.8) is 0 Å². The van der Waals surface area contributed by atoms with Gasteiger partial charge in [0.15, 0.2) is 0 Å². The van der Waals surface area contributed by atoms with Crippen LogP contribution in [-0.2, 0) is 0 Å². The van der Waals surface area contributed by atoms with Gasteiger partial charge in [-0.2, -0.15) is 0 Å². The van der Waals surface area contributed by atoms with Crippen LogP contribution in [0.1, 0.15) is 5.56 Å². The Morgan fingerprint density at radius 1 is 1.33 bits per heavy atom. The number of benzene rings is 1. The van der Waals surface area contributed by atoms with Crippen LogP contribution in [-0.4, -0.2) is 20.1 Å². The molecule has 2 rings (SSSR count). The van der Waals surface area contributed by atoms with Crippen molar-refractivity contribution in [1.29, 1.82) is 0 Å². The normalized spacial score (nSPS) is 9.87. The first kappa shape index (κ1) is 9.67. The van der Waals surface area contributed by atoms with Gasteiger partial charge < -0.3 is 9.94 Å². The van der Waals surface area contributed by atoms with Gasteiger partial charge in [0.2, 0.25) is 5.05 Å². The highest BCUT2D eigenvalue weighted by molar-refractivity contribution is 7.80. The third-order valence-corrected chi connectivity index (χ3v) is 2.07. The molecular formula is C10H8N2O2S. The van der Waals surface area contributed by atoms with Gasteiger partial charge in [-0.05, 0) is 42.5 Å². The molecule has 0 unspecified atom stereocenters. The van der Waals surface area contributed by atoms with Gasteiger partial charge in [-0.15, -0.1) is 5.10 Å². The predicted octanol–water partition coefficient (Wildman–Crippen LogP) is 1.39. The second-order valence-electron chi connectivity index (χ2n) is 2.83. The van der Waals surface area contributed by atoms with Gasteiger partial charge in [0.1, 0.15) is 5.75 Å². The molecule has 1 aromatic carbocycles. The molecule has 0 bridgehead atoms. The van der Waals surface area contributed by atoms with Crippen molar-refractivity contribution in [3.05, 3.63) is 48.3 Å². The molecule has 0 fully saturated rings. The van der Waals surface area contributed by atoms with E-state index in [1.54, 1.807) is 42.7 Å². The summed E-state index contributed by atoms with van der Waals surface area (Å²) in [5.41, 5.74) is 0.721. The fourth-order valence-corrected chi connectivity index (χ4v) is 1.26. The smallest absolute Gasteiger partial charge is 0.228 e. The van der Waals surface area contributed by atoms with Crippen LogP contribution in [0.3, 0.4) is 0 Å². The van der Waals surface area contributed by atoms with E-state index in [-0.39, 0.29) is 5.75 Å². The molecule has 1 N–H and O–H groups in total. The lowest BCUT2D eigenvalue weighted by Gasteiger charge is -2.05. The van der Waals surface area contributed by atoms with Crippen molar-refractivity contribution in [2.45, 2.75) is 0 Å². The predicted molar refractivity (Wildman–Crippen MR) is 58.6 cm³/mol. The monoisotopic (exact) mass is 220 g/mol. The molecule has 2 aromatic rings. The maximum atomic E-state index is 9.09. The highest BCUT2D eigenvalue weighted by Gasteiger charge is 2.03. The van der Waals surface area contributed by atoms with Gasteiger partial charge in [-0.1, -0.05) is 4.85 Å². The minimum Gasteiger partial charge on any atom is -0.508 e. The lowest BCUT2D eigenvalue weighted by atomic mass is 10.2. The van der Waals surface area contributed by atoms with Crippen LogP contribution in [0.5, 0.6) is 5.75 Å². The average Bonchev–Trinajstić information content (AvgIpc) is 2.71. The van der Waals surface area contributed by atoms with Crippen LogP contribution in [0.4, 0.5) is 0 Å². The molecule has 0 aliphatic rings. The Hall–Kier alpha value is -1.88. The van der Waals surface area contributed by atoms with E-state index in [0.717, 1.165) is 5.56 Å². The first-order valence-corrected chi connectivity index (χ1v) is 4.68. The van der Waals surface area contributed by atoms with Crippen molar-refractivity contribution >= 4 is 17.3 Å². The highest BCUT2D eigenvalue weighted by atomic mass is 32.1. The molecule has 4 nitrogen and oxygen atoms in total. The second kappa shape index (κ2) is 4.10. The summed E-state index contributed by atoms with van der Waals surface area (Å²) in [6.07, 6.45) is 3.24. The van der Waals surface area contributed by atoms with Crippen molar-refractivity contribution in [3.8, 4) is 5.75 Å². The molecule has 76 valence electrons. The van der Waals surface area contributed by atoms with Crippen molar-refractivity contribution in [2.24, 2.45) is 0 Å². The third-order valence-electron chi connectivity index (χ3n) is 1.76. The van der Waals surface area contributed by atoms with Crippen LogP contribution >= 0.6 is 12.2 Å². The minimum atomic E-state index is 0.195. The molecule has 15 heavy (non-hydrogen) atoms. The molecule has 0 radical (unpaired) electrons. The number of phenols is 1. The van der Waals surface area contributed by atoms with Crippen molar-refractivity contribution in [2.75, 3.05) is 0 Å². The number of thiocarbonyl (C=S) groups is 1. The number of phenolic OH excluding ortho intramolecular Hbond substituents is 1. The largest absolute Gasteiger partial charge is 0.508 e. The maximum Gasteiger partial charge on any atom is 0.228 e. The zero-order chi connectivity index (χ0) is 10.7. The Morgan fingerprint density at radius 3 is 2.67 bits per heavy atom. The first-order chi connectivity index (χ1) is 7.25. The Morgan fingerprint density at radius 2 is 2.07 bits per heavy atom. The minimum absolute atomic E-state index is 0.195. The molecule has 0 saturated carbocycles. The van der Waals surface area contributed by atoms with E-state index in [4.69, 9.17) is 22.2 Å². The van der Waals surface area contributed by atoms with E-state index in [2.05, 4.69) is 5.10 Å². The molecule has 1 heterocycles. The summed E-state index contributed by atoms with van der Waals surface area (Å²) >= 11 is 5.05. The van der Waals surface area contributed by atoms with Gasteiger partial charge in [0.25, 0.3) is 0 Å². The lowest BCUT2D eigenvalue weighted by molar-refractivity contribution is 0.228. The number of hydrogen-bond donors (Lipinski definition) is 1. The fourth-order valence-electron chi connectivity index (χ4n) is 1.04. The van der Waals surface area contributed by atoms with Gasteiger partial charge in [-0.25, -0.2) is 0 Å². The molecule has 5 heteroatoms. The SMILES string of the molecule is Oc1ccc(C(=S)On2cccn2)cc1. The Kier molecular flexibility index (Phi) is 2.64. The topological polar surface area (TPSA) is 47.3 Å². The van der Waals surface area contributed by atoms with E-state index >= 15 is 0 Å². The summed E-state index contributed by atoms with van der Waals surface area (Å²) in [5, 5.41) is 13.3. The number of rotatable bonds is 2. The zero-order valence-electron chi connectivity index (χ0n) is 7.70. The van der Waals surface area contributed by atoms with E-state index in [1.165, 1.54) is 4.85 Å². The number of aromatic hydroxyl groups is 1. The molecule has 1 aromatic heterocycles. The molecular weight excluding hydrogens is 212 g/mol. The Balaban J connectivity index is 2.11. The molecule has 0 spiro atoms. The molecule has 0 aliphatic carbocycles. The summed E-state index contributed by atoms with van der Waals surface area (Å²) in [6, 6.07) is 8.20. The molecule has 0 amide bonds. The van der Waals surface area contributed by atoms with Crippen LogP contribution in [0.2, 0.25) is 0 Å². The summed E-state index contributed by atoms with van der Waals surface area (Å²) in [4.78, 5) is 6.51. The van der Waals surface area contributed by atoms with E-state index in [0.29, 0.717) is 5.05 Å². The average molecular weight is 220 g/mol. The van der Waals surface area contributed by atoms with Gasteiger partial charge in [0, 0.05) is 5.56 Å². The Bertz CT molecular complexity index is 451. The number of aromatic nitrogens is 2. The zero-order valence-corrected chi connectivity index (χ0v) is 8.52. The highest BCUT2D eigenvalue weighted by Crippen LogP contribution is 2.10. The summed E-state index contributed by atoms with van der Waals surface area (Å²) in [6.45, 7) is 0. The summed E-state index contributed by atoms with van der Waals surface area (Å²) < 4.78 is 0. The summed E-state index contributed by atoms with van der Waals surface area (Å²) in [5.74, 6) is 0.195. The van der Waals surface area contributed by atoms with Gasteiger partial charge in [0.05, 0.1) is 12.4 Å². The fraction of sp³-hybridized carbons (Fsp3) is 0. The maximum absolute atomic E-state index is 9.09. The summed E-state index contributed by atoms with van der Waals surface area (Å²) in [7, 11) is 0. The van der Waals surface area contributed by atoms with Crippen LogP contribution in [0.15, 0.2) is 42.7 Å². The number of hydrogen-bond acceptors (Lipinski definition) is 4. The number of nitrogens with zero attached hydrogens (tertiary/aromatic N) is 2. The van der Waals surface area contributed by atoms with Crippen molar-refractivity contribution < 1.29 is 9.94 Å². The Labute approximate surface area is 91.7 Å². The second-order valence-corrected chi connectivity index (χ2v) is 3.21. The molecule has 0 saturated heterocycles. The van der Waals surface area contributed by atoms with E-state index in [9.17, 15) is 0 Å². The van der Waals surface area contributed by atoms with Gasteiger partial charge in [-0.3, -0.25) is 0 Å². The first-order valence-electron chi connectivity index (χ1n) is 4.27. The van der Waals surface area contributed by atoms with E-state index < -0.39 is 0 Å². The van der Waals surface area contributed by atoms with Gasteiger partial charge >= 0.3 is 0 Å². The third kappa shape index (κ3) is 2.32. The van der Waals surface area contributed by atoms with Crippen molar-refractivity contribution in [1.82, 2.24) is 9.94 Å². The lowest BCUT2D eigenvalue weighted by Crippen LogP contribution is -2.18. The quantitative estimate of drug-likeness (QED) is 0.777. The van der Waals surface area contributed by atoms with E-state index in [1.807, 2.05) is 0 Å². The molecule has 0 aliphatic heterocycles. The van der Waals surface area contributed by atoms with Crippen LogP contribution in [0.25, 0.3) is 0 Å². The van der Waals surface area contributed by atoms with Crippen LogP contribution in [0, 0.1) is 0 Å². The molecule has 0 atom stereocenters. The standard InChI is InChI=1S/C10H8N2O2S/c13-9-4-2-8(3-5-9)10(15)14-12-7-1-6-11-12/h1-7,13H.